The van der Waals surface area contributed by atoms with E-state index in [0.717, 1.165) is 48.8 Å². The highest BCUT2D eigenvalue weighted by Crippen LogP contribution is 2.42. The zero-order chi connectivity index (χ0) is 20.9. The number of nitrogens with two attached hydrogens (primary N) is 1. The predicted octanol–water partition coefficient (Wildman–Crippen LogP) is 2.46. The summed E-state index contributed by atoms with van der Waals surface area (Å²) in [5.74, 6) is 0.504. The molecule has 3 heterocycles. The van der Waals surface area contributed by atoms with Crippen molar-refractivity contribution in [3.05, 3.63) is 58.6 Å². The molecule has 0 bridgehead atoms. The number of hydrogen-bond acceptors (Lipinski definition) is 5. The first-order valence-corrected chi connectivity index (χ1v) is 10.9. The summed E-state index contributed by atoms with van der Waals surface area (Å²) in [6.07, 6.45) is 2.25. The minimum absolute atomic E-state index is 0.0292. The van der Waals surface area contributed by atoms with E-state index in [1.165, 1.54) is 5.56 Å². The Kier molecular flexibility index (Phi) is 4.88. The van der Waals surface area contributed by atoms with E-state index in [9.17, 15) is 9.90 Å². The van der Waals surface area contributed by atoms with Gasteiger partial charge in [0.05, 0.1) is 17.7 Å². The number of primary amides is 1. The number of benzene rings is 2. The van der Waals surface area contributed by atoms with Gasteiger partial charge in [0.2, 0.25) is 0 Å². The summed E-state index contributed by atoms with van der Waals surface area (Å²) in [7, 11) is 0. The number of ether oxygens (including phenoxy) is 1. The summed E-state index contributed by atoms with van der Waals surface area (Å²) in [6, 6.07) is 13.2. The molecule has 7 heteroatoms. The molecule has 2 aromatic rings. The zero-order valence-corrected chi connectivity index (χ0v) is 17.5. The lowest BCUT2D eigenvalue weighted by molar-refractivity contribution is -0.0107. The number of carbonyl (C=O) groups is 1. The molecule has 1 amide bonds. The first-order valence-electron chi connectivity index (χ1n) is 10.5. The Bertz CT molecular complexity index is 974. The second-order valence-electron chi connectivity index (χ2n) is 8.67. The van der Waals surface area contributed by atoms with Crippen LogP contribution >= 0.6 is 11.6 Å². The second-order valence-corrected chi connectivity index (χ2v) is 9.11. The largest absolute Gasteiger partial charge is 0.487 e. The Hall–Kier alpha value is -2.28. The normalized spacial score (nSPS) is 25.3. The summed E-state index contributed by atoms with van der Waals surface area (Å²) in [4.78, 5) is 16.2. The van der Waals surface area contributed by atoms with Crippen LogP contribution in [0.3, 0.4) is 0 Å². The number of rotatable bonds is 3. The van der Waals surface area contributed by atoms with Crippen LogP contribution in [-0.2, 0) is 6.42 Å². The number of nitrogens with zero attached hydrogens (tertiary/aromatic N) is 2. The number of para-hydroxylation sites is 1. The molecule has 30 heavy (non-hydrogen) atoms. The number of aliphatic hydroxyl groups is 1. The van der Waals surface area contributed by atoms with Crippen LogP contribution in [0.4, 0.5) is 5.69 Å². The van der Waals surface area contributed by atoms with Crippen LogP contribution in [0.15, 0.2) is 42.5 Å². The van der Waals surface area contributed by atoms with Crippen molar-refractivity contribution in [3.8, 4) is 5.75 Å². The maximum absolute atomic E-state index is 11.8. The average molecular weight is 428 g/mol. The molecule has 0 aromatic heterocycles. The van der Waals surface area contributed by atoms with Crippen LogP contribution in [0.25, 0.3) is 0 Å². The summed E-state index contributed by atoms with van der Waals surface area (Å²) in [6.45, 7) is 2.91. The minimum Gasteiger partial charge on any atom is -0.487 e. The van der Waals surface area contributed by atoms with E-state index in [1.807, 2.05) is 36.4 Å². The fourth-order valence-electron chi connectivity index (χ4n) is 5.23. The fourth-order valence-corrected chi connectivity index (χ4v) is 5.42. The van der Waals surface area contributed by atoms with Gasteiger partial charge in [-0.05, 0) is 35.9 Å². The van der Waals surface area contributed by atoms with Gasteiger partial charge >= 0.3 is 0 Å². The lowest BCUT2D eigenvalue weighted by Crippen LogP contribution is -2.53. The summed E-state index contributed by atoms with van der Waals surface area (Å²) >= 11 is 6.15. The fraction of sp³-hybridized carbons (Fsp3) is 0.435. The molecule has 3 aliphatic heterocycles. The van der Waals surface area contributed by atoms with Gasteiger partial charge in [0.1, 0.15) is 11.4 Å². The maximum atomic E-state index is 11.8. The van der Waals surface area contributed by atoms with Crippen molar-refractivity contribution in [1.82, 2.24) is 4.90 Å². The quantitative estimate of drug-likeness (QED) is 0.786. The molecule has 158 valence electrons. The van der Waals surface area contributed by atoms with Crippen molar-refractivity contribution in [1.29, 1.82) is 0 Å². The smallest absolute Gasteiger partial charge is 0.250 e. The number of amides is 1. The van der Waals surface area contributed by atoms with Crippen LogP contribution in [0.1, 0.15) is 28.8 Å². The Morgan fingerprint density at radius 1 is 1.17 bits per heavy atom. The number of carbonyl (C=O) groups excluding carboxylic acids is 1. The number of anilines is 1. The third-order valence-electron chi connectivity index (χ3n) is 6.81. The lowest BCUT2D eigenvalue weighted by Gasteiger charge is -2.41. The van der Waals surface area contributed by atoms with Crippen molar-refractivity contribution in [3.63, 3.8) is 0 Å². The molecule has 2 atom stereocenters. The summed E-state index contributed by atoms with van der Waals surface area (Å²) in [5.41, 5.74) is 7.87. The molecule has 2 saturated heterocycles. The molecule has 6 nitrogen and oxygen atoms in total. The van der Waals surface area contributed by atoms with Crippen LogP contribution in [0, 0.1) is 0 Å². The highest BCUT2D eigenvalue weighted by molar-refractivity contribution is 6.30. The third-order valence-corrected chi connectivity index (χ3v) is 7.04. The van der Waals surface area contributed by atoms with Gasteiger partial charge in [-0.1, -0.05) is 23.7 Å². The molecular weight excluding hydrogens is 402 g/mol. The Balaban J connectivity index is 1.26. The molecule has 0 radical (unpaired) electrons. The monoisotopic (exact) mass is 427 g/mol. The van der Waals surface area contributed by atoms with Gasteiger partial charge in [0.25, 0.3) is 5.91 Å². The number of hydrogen-bond donors (Lipinski definition) is 2. The van der Waals surface area contributed by atoms with E-state index in [4.69, 9.17) is 22.1 Å². The zero-order valence-electron chi connectivity index (χ0n) is 16.8. The van der Waals surface area contributed by atoms with Gasteiger partial charge < -0.3 is 20.5 Å². The molecule has 5 rings (SSSR count). The maximum Gasteiger partial charge on any atom is 0.250 e. The first kappa shape index (κ1) is 19.7. The molecule has 1 unspecified atom stereocenters. The SMILES string of the molecule is NC(=O)c1ccccc1N1CC(N2CCC3(CC2)Cc2cc(Cl)ccc2O3)[C@H](O)C1. The molecule has 0 aliphatic carbocycles. The van der Waals surface area contributed by atoms with E-state index in [2.05, 4.69) is 9.80 Å². The van der Waals surface area contributed by atoms with E-state index in [-0.39, 0.29) is 11.6 Å². The Morgan fingerprint density at radius 2 is 1.93 bits per heavy atom. The molecule has 1 spiro atoms. The van der Waals surface area contributed by atoms with Crippen molar-refractivity contribution >= 4 is 23.2 Å². The standard InChI is InChI=1S/C23H26ClN3O3/c24-16-5-6-21-15(11-16)12-23(30-21)7-9-26(10-8-23)19-13-27(14-20(19)28)18-4-2-1-3-17(18)22(25)29/h1-6,11,19-20,28H,7-10,12-14H2,(H2,25,29)/t19?,20-/m1/s1. The third kappa shape index (κ3) is 3.43. The number of piperidine rings is 1. The van der Waals surface area contributed by atoms with Crippen molar-refractivity contribution in [2.24, 2.45) is 5.73 Å². The summed E-state index contributed by atoms with van der Waals surface area (Å²) in [5, 5.41) is 11.5. The van der Waals surface area contributed by atoms with Gasteiger partial charge in [0, 0.05) is 56.2 Å². The summed E-state index contributed by atoms with van der Waals surface area (Å²) < 4.78 is 6.35. The first-order chi connectivity index (χ1) is 14.4. The number of likely N-dealkylation sites (tertiary alicyclic amines) is 1. The highest BCUT2D eigenvalue weighted by Gasteiger charge is 2.45. The molecule has 0 saturated carbocycles. The van der Waals surface area contributed by atoms with Crippen molar-refractivity contribution < 1.29 is 14.6 Å². The van der Waals surface area contributed by atoms with Crippen LogP contribution < -0.4 is 15.4 Å². The van der Waals surface area contributed by atoms with Gasteiger partial charge in [0.15, 0.2) is 0 Å². The van der Waals surface area contributed by atoms with Crippen molar-refractivity contribution in [2.75, 3.05) is 31.1 Å². The van der Waals surface area contributed by atoms with Gasteiger partial charge in [-0.15, -0.1) is 0 Å². The molecule has 2 aromatic carbocycles. The Morgan fingerprint density at radius 3 is 2.70 bits per heavy atom. The topological polar surface area (TPSA) is 79.0 Å². The number of β-amino-alcohol motifs (C(OH)–C–C–N with tert-alkyl or cyclic N) is 1. The highest BCUT2D eigenvalue weighted by atomic mass is 35.5. The van der Waals surface area contributed by atoms with E-state index in [0.29, 0.717) is 18.7 Å². The molecule has 3 aliphatic rings. The number of halogens is 1. The molecular formula is C23H26ClN3O3. The minimum atomic E-state index is -0.472. The van der Waals surface area contributed by atoms with Gasteiger partial charge in [-0.2, -0.15) is 0 Å². The van der Waals surface area contributed by atoms with Gasteiger partial charge in [-0.3, -0.25) is 9.69 Å². The van der Waals surface area contributed by atoms with Crippen LogP contribution in [0.5, 0.6) is 5.75 Å². The van der Waals surface area contributed by atoms with E-state index < -0.39 is 12.0 Å². The number of fused-ring (bicyclic) bond motifs is 1. The molecule has 2 fully saturated rings. The average Bonchev–Trinajstić information content (AvgIpc) is 3.28. The van der Waals surface area contributed by atoms with E-state index in [1.54, 1.807) is 6.07 Å². The second kappa shape index (κ2) is 7.45. The predicted molar refractivity (Wildman–Crippen MR) is 116 cm³/mol. The lowest BCUT2D eigenvalue weighted by atomic mass is 9.86. The van der Waals surface area contributed by atoms with Crippen molar-refractivity contribution in [2.45, 2.75) is 37.0 Å². The molecule has 3 N–H and O–H groups in total. The van der Waals surface area contributed by atoms with Crippen LogP contribution in [0.2, 0.25) is 5.02 Å². The van der Waals surface area contributed by atoms with Crippen LogP contribution in [-0.4, -0.2) is 59.8 Å². The van der Waals surface area contributed by atoms with E-state index >= 15 is 0 Å². The van der Waals surface area contributed by atoms with Gasteiger partial charge in [-0.25, -0.2) is 0 Å². The number of aliphatic hydroxyl groups excluding tert-OH is 1. The Labute approximate surface area is 181 Å².